The molecule has 2 amide bonds. The summed E-state index contributed by atoms with van der Waals surface area (Å²) in [5, 5.41) is 2.66. The zero-order valence-electron chi connectivity index (χ0n) is 11.3. The molecule has 0 fully saturated rings. The Kier molecular flexibility index (Phi) is 4.37. The molecular formula is C13H19N3O3. The fourth-order valence-corrected chi connectivity index (χ4v) is 1.34. The highest BCUT2D eigenvalue weighted by molar-refractivity contribution is 5.95. The molecule has 0 aliphatic rings. The molecule has 104 valence electrons. The number of anilines is 1. The summed E-state index contributed by atoms with van der Waals surface area (Å²) in [6.07, 6.45) is 0. The summed E-state index contributed by atoms with van der Waals surface area (Å²) in [6, 6.07) is 4.72. The van der Waals surface area contributed by atoms with Crippen LogP contribution in [0.25, 0.3) is 0 Å². The van der Waals surface area contributed by atoms with E-state index in [9.17, 15) is 9.59 Å². The zero-order valence-corrected chi connectivity index (χ0v) is 11.3. The van der Waals surface area contributed by atoms with E-state index in [1.54, 1.807) is 32.0 Å². The Bertz CT molecular complexity index is 498. The number of hydrogen-bond donors (Lipinski definition) is 3. The van der Waals surface area contributed by atoms with Gasteiger partial charge < -0.3 is 21.5 Å². The fraction of sp³-hybridized carbons (Fsp3) is 0.385. The number of methoxy groups -OCH3 is 1. The van der Waals surface area contributed by atoms with Gasteiger partial charge in [-0.3, -0.25) is 9.59 Å². The number of rotatable bonds is 5. The van der Waals surface area contributed by atoms with Crippen LogP contribution in [0.2, 0.25) is 0 Å². The van der Waals surface area contributed by atoms with Crippen molar-refractivity contribution in [1.29, 1.82) is 0 Å². The van der Waals surface area contributed by atoms with E-state index in [-0.39, 0.29) is 12.5 Å². The Morgan fingerprint density at radius 2 is 2.00 bits per heavy atom. The lowest BCUT2D eigenvalue weighted by Crippen LogP contribution is -2.42. The van der Waals surface area contributed by atoms with Crippen LogP contribution in [0.15, 0.2) is 18.2 Å². The van der Waals surface area contributed by atoms with Gasteiger partial charge in [-0.1, -0.05) is 0 Å². The maximum atomic E-state index is 11.9. The highest BCUT2D eigenvalue weighted by atomic mass is 16.5. The first-order valence-corrected chi connectivity index (χ1v) is 5.79. The summed E-state index contributed by atoms with van der Waals surface area (Å²) in [5.41, 5.74) is 11.0. The third-order valence-corrected chi connectivity index (χ3v) is 2.85. The molecule has 0 heterocycles. The number of benzene rings is 1. The van der Waals surface area contributed by atoms with Gasteiger partial charge in [0.1, 0.15) is 5.75 Å². The quantitative estimate of drug-likeness (QED) is 0.674. The maximum Gasteiger partial charge on any atom is 0.251 e. The topological polar surface area (TPSA) is 107 Å². The molecule has 6 heteroatoms. The molecule has 1 aromatic carbocycles. The Morgan fingerprint density at radius 3 is 2.53 bits per heavy atom. The van der Waals surface area contributed by atoms with Crippen LogP contribution in [0.3, 0.4) is 0 Å². The second-order valence-corrected chi connectivity index (χ2v) is 4.89. The third-order valence-electron chi connectivity index (χ3n) is 2.85. The van der Waals surface area contributed by atoms with Gasteiger partial charge in [-0.15, -0.1) is 0 Å². The summed E-state index contributed by atoms with van der Waals surface area (Å²) in [5.74, 6) is -0.350. The van der Waals surface area contributed by atoms with Gasteiger partial charge in [0.2, 0.25) is 5.91 Å². The second-order valence-electron chi connectivity index (χ2n) is 4.89. The SMILES string of the molecule is COc1cc(C(=O)NCC(C)(C)C(N)=O)ccc1N. The number of hydrogen-bond acceptors (Lipinski definition) is 4. The van der Waals surface area contributed by atoms with Crippen molar-refractivity contribution >= 4 is 17.5 Å². The molecule has 1 rings (SSSR count). The standard InChI is InChI=1S/C13H19N3O3/c1-13(2,12(15)18)7-16-11(17)8-4-5-9(14)10(6-8)19-3/h4-6H,7,14H2,1-3H3,(H2,15,18)(H,16,17). The van der Waals surface area contributed by atoms with Crippen molar-refractivity contribution in [3.63, 3.8) is 0 Å². The Morgan fingerprint density at radius 1 is 1.37 bits per heavy atom. The highest BCUT2D eigenvalue weighted by Gasteiger charge is 2.25. The van der Waals surface area contributed by atoms with Crippen molar-refractivity contribution in [3.05, 3.63) is 23.8 Å². The summed E-state index contributed by atoms with van der Waals surface area (Å²) in [6.45, 7) is 3.49. The van der Waals surface area contributed by atoms with Crippen molar-refractivity contribution in [2.75, 3.05) is 19.4 Å². The summed E-state index contributed by atoms with van der Waals surface area (Å²) in [4.78, 5) is 23.1. The van der Waals surface area contributed by atoms with Crippen molar-refractivity contribution in [3.8, 4) is 5.75 Å². The molecule has 0 aliphatic carbocycles. The number of amides is 2. The lowest BCUT2D eigenvalue weighted by molar-refractivity contribution is -0.125. The van der Waals surface area contributed by atoms with Crippen LogP contribution in [0.5, 0.6) is 5.75 Å². The largest absolute Gasteiger partial charge is 0.495 e. The molecule has 5 N–H and O–H groups in total. The van der Waals surface area contributed by atoms with Gasteiger partial charge >= 0.3 is 0 Å². The first kappa shape index (κ1) is 14.8. The molecule has 19 heavy (non-hydrogen) atoms. The van der Waals surface area contributed by atoms with E-state index in [1.807, 2.05) is 0 Å². The van der Waals surface area contributed by atoms with Gasteiger partial charge in [-0.2, -0.15) is 0 Å². The Hall–Kier alpha value is -2.24. The van der Waals surface area contributed by atoms with Gasteiger partial charge in [-0.25, -0.2) is 0 Å². The zero-order chi connectivity index (χ0) is 14.6. The van der Waals surface area contributed by atoms with Crippen LogP contribution in [-0.2, 0) is 4.79 Å². The maximum absolute atomic E-state index is 11.9. The summed E-state index contributed by atoms with van der Waals surface area (Å²) in [7, 11) is 1.48. The molecule has 0 spiro atoms. The van der Waals surface area contributed by atoms with Crippen LogP contribution in [-0.4, -0.2) is 25.5 Å². The normalized spacial score (nSPS) is 10.9. The van der Waals surface area contributed by atoms with Crippen molar-refractivity contribution < 1.29 is 14.3 Å². The van der Waals surface area contributed by atoms with Crippen LogP contribution in [0.1, 0.15) is 24.2 Å². The van der Waals surface area contributed by atoms with E-state index >= 15 is 0 Å². The monoisotopic (exact) mass is 265 g/mol. The fourth-order valence-electron chi connectivity index (χ4n) is 1.34. The highest BCUT2D eigenvalue weighted by Crippen LogP contribution is 2.22. The average molecular weight is 265 g/mol. The predicted molar refractivity (Wildman–Crippen MR) is 72.7 cm³/mol. The lowest BCUT2D eigenvalue weighted by atomic mass is 9.92. The minimum absolute atomic E-state index is 0.161. The molecule has 0 aromatic heterocycles. The minimum Gasteiger partial charge on any atom is -0.495 e. The number of primary amides is 1. The van der Waals surface area contributed by atoms with E-state index in [0.717, 1.165) is 0 Å². The van der Waals surface area contributed by atoms with Crippen molar-refractivity contribution in [1.82, 2.24) is 5.32 Å². The van der Waals surface area contributed by atoms with Crippen molar-refractivity contribution in [2.45, 2.75) is 13.8 Å². The minimum atomic E-state index is -0.798. The Balaban J connectivity index is 2.77. The van der Waals surface area contributed by atoms with Gasteiger partial charge in [0, 0.05) is 12.1 Å². The smallest absolute Gasteiger partial charge is 0.251 e. The van der Waals surface area contributed by atoms with Crippen LogP contribution >= 0.6 is 0 Å². The van der Waals surface area contributed by atoms with E-state index in [1.165, 1.54) is 7.11 Å². The Labute approximate surface area is 112 Å². The predicted octanol–water partition coefficient (Wildman–Crippen LogP) is 0.519. The van der Waals surface area contributed by atoms with Gasteiger partial charge in [-0.05, 0) is 32.0 Å². The molecule has 0 radical (unpaired) electrons. The van der Waals surface area contributed by atoms with E-state index in [2.05, 4.69) is 5.32 Å². The first-order valence-electron chi connectivity index (χ1n) is 5.79. The number of ether oxygens (including phenoxy) is 1. The van der Waals surface area contributed by atoms with Gasteiger partial charge in [0.15, 0.2) is 0 Å². The number of carbonyl (C=O) groups is 2. The molecular weight excluding hydrogens is 246 g/mol. The molecule has 1 aromatic rings. The average Bonchev–Trinajstić information content (AvgIpc) is 2.36. The first-order chi connectivity index (χ1) is 8.77. The summed E-state index contributed by atoms with van der Waals surface area (Å²) >= 11 is 0. The number of carbonyl (C=O) groups excluding carboxylic acids is 2. The van der Waals surface area contributed by atoms with Crippen LogP contribution in [0.4, 0.5) is 5.69 Å². The molecule has 0 bridgehead atoms. The van der Waals surface area contributed by atoms with E-state index in [4.69, 9.17) is 16.2 Å². The van der Waals surface area contributed by atoms with Crippen LogP contribution in [0, 0.1) is 5.41 Å². The molecule has 6 nitrogen and oxygen atoms in total. The molecule has 0 saturated heterocycles. The number of nitrogen functional groups attached to an aromatic ring is 1. The number of nitrogens with two attached hydrogens (primary N) is 2. The lowest BCUT2D eigenvalue weighted by Gasteiger charge is -2.20. The number of nitrogens with one attached hydrogen (secondary N) is 1. The van der Waals surface area contributed by atoms with Crippen LogP contribution < -0.4 is 21.5 Å². The van der Waals surface area contributed by atoms with Crippen molar-refractivity contribution in [2.24, 2.45) is 11.1 Å². The molecule has 0 saturated carbocycles. The van der Waals surface area contributed by atoms with E-state index < -0.39 is 11.3 Å². The van der Waals surface area contributed by atoms with E-state index in [0.29, 0.717) is 17.0 Å². The molecule has 0 aliphatic heterocycles. The second kappa shape index (κ2) is 5.60. The molecule has 0 atom stereocenters. The third kappa shape index (κ3) is 3.61. The summed E-state index contributed by atoms with van der Waals surface area (Å²) < 4.78 is 5.04. The molecule has 0 unspecified atom stereocenters. The van der Waals surface area contributed by atoms with Gasteiger partial charge in [0.05, 0.1) is 18.2 Å². The van der Waals surface area contributed by atoms with Gasteiger partial charge in [0.25, 0.3) is 5.91 Å².